The lowest BCUT2D eigenvalue weighted by Gasteiger charge is -2.15. The molecule has 1 N–H and O–H groups in total. The Balaban J connectivity index is 3.46. The SMILES string of the molecule is C#CCCCN(C)CC(=O)NCCC. The number of nitrogens with zero attached hydrogens (tertiary/aromatic N) is 1. The predicted molar refractivity (Wildman–Crippen MR) is 58.9 cm³/mol. The predicted octanol–water partition coefficient (Wildman–Crippen LogP) is 0.858. The third-order valence-electron chi connectivity index (χ3n) is 1.85. The van der Waals surface area contributed by atoms with E-state index in [1.165, 1.54) is 0 Å². The molecule has 0 fully saturated rings. The van der Waals surface area contributed by atoms with Crippen LogP contribution in [0, 0.1) is 12.3 Å². The summed E-state index contributed by atoms with van der Waals surface area (Å²) in [6.07, 6.45) is 7.84. The van der Waals surface area contributed by atoms with Gasteiger partial charge in [-0.15, -0.1) is 12.3 Å². The highest BCUT2D eigenvalue weighted by Crippen LogP contribution is 1.90. The van der Waals surface area contributed by atoms with Crippen LogP contribution in [0.3, 0.4) is 0 Å². The van der Waals surface area contributed by atoms with Gasteiger partial charge in [0.1, 0.15) is 0 Å². The minimum atomic E-state index is 0.0926. The van der Waals surface area contributed by atoms with Crippen molar-refractivity contribution in [2.75, 3.05) is 26.7 Å². The molecule has 0 rings (SSSR count). The summed E-state index contributed by atoms with van der Waals surface area (Å²) in [6.45, 7) is 4.14. The average molecular weight is 196 g/mol. The van der Waals surface area contributed by atoms with Gasteiger partial charge in [-0.25, -0.2) is 0 Å². The van der Waals surface area contributed by atoms with Crippen LogP contribution in [-0.2, 0) is 4.79 Å². The molecule has 0 heterocycles. The lowest BCUT2D eigenvalue weighted by molar-refractivity contribution is -0.121. The van der Waals surface area contributed by atoms with Crippen molar-refractivity contribution in [3.05, 3.63) is 0 Å². The Morgan fingerprint density at radius 3 is 2.86 bits per heavy atom. The largest absolute Gasteiger partial charge is 0.355 e. The highest BCUT2D eigenvalue weighted by Gasteiger charge is 2.04. The second-order valence-corrected chi connectivity index (χ2v) is 3.40. The molecule has 0 radical (unpaired) electrons. The van der Waals surface area contributed by atoms with Crippen molar-refractivity contribution in [3.63, 3.8) is 0 Å². The van der Waals surface area contributed by atoms with Crippen molar-refractivity contribution in [1.29, 1.82) is 0 Å². The average Bonchev–Trinajstić information content (AvgIpc) is 2.15. The van der Waals surface area contributed by atoms with Gasteiger partial charge >= 0.3 is 0 Å². The van der Waals surface area contributed by atoms with E-state index in [0.29, 0.717) is 6.54 Å². The van der Waals surface area contributed by atoms with Gasteiger partial charge < -0.3 is 5.32 Å². The molecule has 0 spiro atoms. The monoisotopic (exact) mass is 196 g/mol. The third-order valence-corrected chi connectivity index (χ3v) is 1.85. The van der Waals surface area contributed by atoms with E-state index < -0.39 is 0 Å². The van der Waals surface area contributed by atoms with E-state index >= 15 is 0 Å². The van der Waals surface area contributed by atoms with E-state index in [9.17, 15) is 4.79 Å². The van der Waals surface area contributed by atoms with E-state index in [1.54, 1.807) is 0 Å². The van der Waals surface area contributed by atoms with Crippen LogP contribution < -0.4 is 5.32 Å². The number of likely N-dealkylation sites (N-methyl/N-ethyl adjacent to an activating group) is 1. The molecule has 1 amide bonds. The summed E-state index contributed by atoms with van der Waals surface area (Å²) >= 11 is 0. The quantitative estimate of drug-likeness (QED) is 0.484. The van der Waals surface area contributed by atoms with E-state index in [-0.39, 0.29) is 5.91 Å². The van der Waals surface area contributed by atoms with Gasteiger partial charge in [0.25, 0.3) is 0 Å². The number of carbonyl (C=O) groups excluding carboxylic acids is 1. The molecule has 3 heteroatoms. The van der Waals surface area contributed by atoms with Crippen LogP contribution in [0.2, 0.25) is 0 Å². The summed E-state index contributed by atoms with van der Waals surface area (Å²) in [5.74, 6) is 2.68. The zero-order valence-electron chi connectivity index (χ0n) is 9.18. The van der Waals surface area contributed by atoms with Crippen LogP contribution in [0.15, 0.2) is 0 Å². The van der Waals surface area contributed by atoms with Crippen molar-refractivity contribution in [1.82, 2.24) is 10.2 Å². The van der Waals surface area contributed by atoms with Gasteiger partial charge in [-0.05, 0) is 26.4 Å². The highest BCUT2D eigenvalue weighted by molar-refractivity contribution is 5.77. The van der Waals surface area contributed by atoms with Gasteiger partial charge in [-0.3, -0.25) is 9.69 Å². The van der Waals surface area contributed by atoms with Crippen LogP contribution in [0.25, 0.3) is 0 Å². The number of amides is 1. The third kappa shape index (κ3) is 7.63. The Morgan fingerprint density at radius 1 is 1.57 bits per heavy atom. The number of unbranched alkanes of at least 4 members (excludes halogenated alkanes) is 1. The number of rotatable bonds is 7. The molecule has 0 saturated heterocycles. The van der Waals surface area contributed by atoms with Crippen LogP contribution in [-0.4, -0.2) is 37.5 Å². The first-order chi connectivity index (χ1) is 6.70. The fourth-order valence-electron chi connectivity index (χ4n) is 1.10. The standard InChI is InChI=1S/C11H20N2O/c1-4-6-7-9-13(3)10-11(14)12-8-5-2/h1H,5-10H2,2-3H3,(H,12,14). The summed E-state index contributed by atoms with van der Waals surface area (Å²) in [7, 11) is 1.93. The first-order valence-electron chi connectivity index (χ1n) is 5.09. The fourth-order valence-corrected chi connectivity index (χ4v) is 1.10. The zero-order valence-corrected chi connectivity index (χ0v) is 9.18. The molecule has 0 aromatic carbocycles. The van der Waals surface area contributed by atoms with E-state index in [1.807, 2.05) is 18.9 Å². The van der Waals surface area contributed by atoms with Crippen molar-refractivity contribution >= 4 is 5.91 Å². The van der Waals surface area contributed by atoms with E-state index in [2.05, 4.69) is 11.2 Å². The molecule has 0 saturated carbocycles. The number of carbonyl (C=O) groups is 1. The second-order valence-electron chi connectivity index (χ2n) is 3.40. The maximum Gasteiger partial charge on any atom is 0.234 e. The van der Waals surface area contributed by atoms with Crippen LogP contribution >= 0.6 is 0 Å². The molecule has 0 aliphatic rings. The second kappa shape index (κ2) is 8.58. The number of hydrogen-bond donors (Lipinski definition) is 1. The van der Waals surface area contributed by atoms with Crippen molar-refractivity contribution in [3.8, 4) is 12.3 Å². The normalized spacial score (nSPS) is 9.86. The summed E-state index contributed by atoms with van der Waals surface area (Å²) in [6, 6.07) is 0. The molecule has 0 aliphatic heterocycles. The topological polar surface area (TPSA) is 32.3 Å². The van der Waals surface area contributed by atoms with E-state index in [4.69, 9.17) is 6.42 Å². The van der Waals surface area contributed by atoms with Crippen molar-refractivity contribution < 1.29 is 4.79 Å². The van der Waals surface area contributed by atoms with Crippen LogP contribution in [0.4, 0.5) is 0 Å². The molecule has 0 aromatic heterocycles. The lowest BCUT2D eigenvalue weighted by Crippen LogP contribution is -2.35. The number of nitrogens with one attached hydrogen (secondary N) is 1. The van der Waals surface area contributed by atoms with Crippen LogP contribution in [0.5, 0.6) is 0 Å². The van der Waals surface area contributed by atoms with E-state index in [0.717, 1.165) is 32.4 Å². The van der Waals surface area contributed by atoms with Crippen molar-refractivity contribution in [2.24, 2.45) is 0 Å². The molecule has 80 valence electrons. The summed E-state index contributed by atoms with van der Waals surface area (Å²) in [5.41, 5.74) is 0. The van der Waals surface area contributed by atoms with Gasteiger partial charge in [-0.1, -0.05) is 6.92 Å². The van der Waals surface area contributed by atoms with Gasteiger partial charge in [0.05, 0.1) is 6.54 Å². The Morgan fingerprint density at radius 2 is 2.29 bits per heavy atom. The molecule has 3 nitrogen and oxygen atoms in total. The Bertz CT molecular complexity index is 196. The minimum absolute atomic E-state index is 0.0926. The molecule has 0 atom stereocenters. The maximum atomic E-state index is 11.3. The van der Waals surface area contributed by atoms with Gasteiger partial charge in [0.15, 0.2) is 0 Å². The Labute approximate surface area is 86.9 Å². The van der Waals surface area contributed by atoms with Gasteiger partial charge in [0, 0.05) is 13.0 Å². The smallest absolute Gasteiger partial charge is 0.234 e. The number of hydrogen-bond acceptors (Lipinski definition) is 2. The van der Waals surface area contributed by atoms with Crippen LogP contribution in [0.1, 0.15) is 26.2 Å². The first kappa shape index (κ1) is 13.0. The summed E-state index contributed by atoms with van der Waals surface area (Å²) < 4.78 is 0. The molecule has 0 bridgehead atoms. The summed E-state index contributed by atoms with van der Waals surface area (Å²) in [4.78, 5) is 13.2. The molecule has 0 aromatic rings. The zero-order chi connectivity index (χ0) is 10.8. The van der Waals surface area contributed by atoms with Gasteiger partial charge in [0.2, 0.25) is 5.91 Å². The maximum absolute atomic E-state index is 11.3. The Hall–Kier alpha value is -1.01. The van der Waals surface area contributed by atoms with Gasteiger partial charge in [-0.2, -0.15) is 0 Å². The lowest BCUT2D eigenvalue weighted by atomic mass is 10.3. The molecule has 14 heavy (non-hydrogen) atoms. The highest BCUT2D eigenvalue weighted by atomic mass is 16.1. The number of terminal acetylenes is 1. The molecule has 0 unspecified atom stereocenters. The molecular weight excluding hydrogens is 176 g/mol. The Kier molecular flexibility index (Phi) is 7.96. The van der Waals surface area contributed by atoms with Crippen molar-refractivity contribution in [2.45, 2.75) is 26.2 Å². The fraction of sp³-hybridized carbons (Fsp3) is 0.727. The minimum Gasteiger partial charge on any atom is -0.355 e. The molecular formula is C11H20N2O. The summed E-state index contributed by atoms with van der Waals surface area (Å²) in [5, 5.41) is 2.83. The molecule has 0 aliphatic carbocycles. The first-order valence-corrected chi connectivity index (χ1v) is 5.09.